The summed E-state index contributed by atoms with van der Waals surface area (Å²) in [4.78, 5) is 0. The lowest BCUT2D eigenvalue weighted by Crippen LogP contribution is -2.23. The lowest BCUT2D eigenvalue weighted by molar-refractivity contribution is 0.374. The fourth-order valence-electron chi connectivity index (χ4n) is 3.55. The summed E-state index contributed by atoms with van der Waals surface area (Å²) in [6.45, 7) is 13.3. The molecular formula is C22H44ClP. The zero-order valence-corrected chi connectivity index (χ0v) is 19.0. The van der Waals surface area contributed by atoms with Gasteiger partial charge in [-0.1, -0.05) is 91.3 Å². The van der Waals surface area contributed by atoms with Gasteiger partial charge in [-0.25, -0.2) is 0 Å². The third-order valence-corrected chi connectivity index (χ3v) is 8.50. The largest absolute Gasteiger partial charge is 0.124 e. The second-order valence-corrected chi connectivity index (χ2v) is 10.9. The highest BCUT2D eigenvalue weighted by molar-refractivity contribution is 7.85. The van der Waals surface area contributed by atoms with Crippen LogP contribution in [0.4, 0.5) is 0 Å². The Hall–Kier alpha value is 0.280. The molecule has 0 N–H and O–H groups in total. The topological polar surface area (TPSA) is 0 Å². The van der Waals surface area contributed by atoms with E-state index in [4.69, 9.17) is 11.2 Å². The summed E-state index contributed by atoms with van der Waals surface area (Å²) in [5.41, 5.74) is 1.77. The quantitative estimate of drug-likeness (QED) is 0.334. The van der Waals surface area contributed by atoms with Crippen LogP contribution in [0.2, 0.25) is 0 Å². The van der Waals surface area contributed by atoms with Crippen molar-refractivity contribution in [3.8, 4) is 12.8 Å². The predicted octanol–water partition coefficient (Wildman–Crippen LogP) is 8.86. The number of hydrogen-bond donors (Lipinski definition) is 0. The van der Waals surface area contributed by atoms with Crippen LogP contribution in [-0.2, 0) is 0 Å². The van der Waals surface area contributed by atoms with Gasteiger partial charge in [0.05, 0.1) is 0 Å². The maximum absolute atomic E-state index is 6.83. The molecule has 2 fully saturated rings. The smallest absolute Gasteiger partial charge is 0.00337 e. The van der Waals surface area contributed by atoms with Crippen LogP contribution in [0.25, 0.3) is 0 Å². The first-order chi connectivity index (χ1) is 11.5. The van der Waals surface area contributed by atoms with Crippen molar-refractivity contribution in [2.45, 2.75) is 117 Å². The van der Waals surface area contributed by atoms with Crippen molar-refractivity contribution in [1.82, 2.24) is 0 Å². The fourth-order valence-corrected chi connectivity index (χ4v) is 7.19. The van der Waals surface area contributed by atoms with Gasteiger partial charge in [-0.3, -0.25) is 0 Å². The minimum atomic E-state index is -0.198. The average Bonchev–Trinajstić information content (AvgIpc) is 2.57. The summed E-state index contributed by atoms with van der Waals surface area (Å²) in [6, 6.07) is 0. The van der Waals surface area contributed by atoms with E-state index in [-0.39, 0.29) is 7.27 Å². The molecule has 2 aliphatic rings. The molecule has 0 radical (unpaired) electrons. The summed E-state index contributed by atoms with van der Waals surface area (Å²) in [6.07, 6.45) is 21.9. The summed E-state index contributed by atoms with van der Waals surface area (Å²) in [5.74, 6) is 1.87. The van der Waals surface area contributed by atoms with Crippen LogP contribution in [0, 0.1) is 24.7 Å². The molecule has 24 heavy (non-hydrogen) atoms. The van der Waals surface area contributed by atoms with E-state index in [0.717, 1.165) is 23.2 Å². The number of hydrogen-bond acceptors (Lipinski definition) is 0. The van der Waals surface area contributed by atoms with Crippen molar-refractivity contribution < 1.29 is 0 Å². The lowest BCUT2D eigenvalue weighted by atomic mass is 9.90. The number of rotatable bonds is 2. The Balaban J connectivity index is 0. The molecule has 0 aromatic carbocycles. The predicted molar refractivity (Wildman–Crippen MR) is 117 cm³/mol. The zero-order chi connectivity index (χ0) is 19.0. The molecule has 2 aliphatic carbocycles. The highest BCUT2D eigenvalue weighted by Gasteiger charge is 2.32. The van der Waals surface area contributed by atoms with Gasteiger partial charge in [0.15, 0.2) is 0 Å². The van der Waals surface area contributed by atoms with Gasteiger partial charge < -0.3 is 0 Å². The first-order valence-electron chi connectivity index (χ1n) is 10.3. The maximum Gasteiger partial charge on any atom is -0.00337 e. The van der Waals surface area contributed by atoms with Crippen LogP contribution in [-0.4, -0.2) is 11.3 Å². The summed E-state index contributed by atoms with van der Waals surface area (Å²) in [7, 11) is -0.198. The van der Waals surface area contributed by atoms with E-state index in [0.29, 0.717) is 0 Å². The molecule has 0 aromatic rings. The van der Waals surface area contributed by atoms with Crippen molar-refractivity contribution >= 4 is 18.5 Å². The molecule has 2 saturated carbocycles. The molecule has 2 rings (SSSR count). The van der Waals surface area contributed by atoms with E-state index in [1.807, 2.05) is 0 Å². The fraction of sp³-hybridized carbons (Fsp3) is 0.909. The number of terminal acetylenes is 1. The van der Waals surface area contributed by atoms with E-state index < -0.39 is 0 Å². The molecule has 0 bridgehead atoms. The van der Waals surface area contributed by atoms with Gasteiger partial charge in [-0.2, -0.15) is 0 Å². The first kappa shape index (κ1) is 26.5. The summed E-state index contributed by atoms with van der Waals surface area (Å²) < 4.78 is 0. The molecule has 0 aliphatic heterocycles. The van der Waals surface area contributed by atoms with Gasteiger partial charge in [-0.15, -0.1) is 12.8 Å². The monoisotopic (exact) mass is 374 g/mol. The normalized spacial score (nSPS) is 30.2. The third-order valence-electron chi connectivity index (χ3n) is 4.52. The van der Waals surface area contributed by atoms with Crippen molar-refractivity contribution in [3.63, 3.8) is 0 Å². The van der Waals surface area contributed by atoms with Crippen molar-refractivity contribution in [3.05, 3.63) is 0 Å². The number of halogens is 1. The molecular weight excluding hydrogens is 331 g/mol. The van der Waals surface area contributed by atoms with Crippen molar-refractivity contribution in [2.24, 2.45) is 11.8 Å². The van der Waals surface area contributed by atoms with Crippen molar-refractivity contribution in [1.29, 1.82) is 0 Å². The van der Waals surface area contributed by atoms with Gasteiger partial charge in [-0.05, 0) is 56.1 Å². The molecule has 0 amide bonds. The minimum absolute atomic E-state index is 0.198. The molecule has 0 nitrogen and oxygen atoms in total. The van der Waals surface area contributed by atoms with Crippen LogP contribution < -0.4 is 0 Å². The molecule has 0 spiro atoms. The van der Waals surface area contributed by atoms with Crippen LogP contribution in [0.15, 0.2) is 0 Å². The highest BCUT2D eigenvalue weighted by atomic mass is 35.7. The molecule has 0 aromatic heterocycles. The van der Waals surface area contributed by atoms with Crippen LogP contribution >= 0.6 is 18.5 Å². The zero-order valence-electron chi connectivity index (χ0n) is 17.4. The van der Waals surface area contributed by atoms with Crippen LogP contribution in [0.1, 0.15) is 106 Å². The summed E-state index contributed by atoms with van der Waals surface area (Å²) >= 11 is 6.83. The molecule has 144 valence electrons. The van der Waals surface area contributed by atoms with Gasteiger partial charge in [0.25, 0.3) is 0 Å². The third kappa shape index (κ3) is 12.6. The Bertz CT molecular complexity index is 252. The van der Waals surface area contributed by atoms with E-state index in [9.17, 15) is 0 Å². The molecule has 3 unspecified atom stereocenters. The Labute approximate surface area is 160 Å². The lowest BCUT2D eigenvalue weighted by Gasteiger charge is -2.37. The SMILES string of the molecule is C#C.CCC.CCC.C[C@@H]1CCCC(P(Cl)C2CCC[C@H](C)C2)C1. The van der Waals surface area contributed by atoms with Crippen molar-refractivity contribution in [2.75, 3.05) is 0 Å². The first-order valence-corrected chi connectivity index (χ1v) is 12.7. The summed E-state index contributed by atoms with van der Waals surface area (Å²) in [5, 5.41) is 0. The molecule has 2 heteroatoms. The molecule has 0 heterocycles. The van der Waals surface area contributed by atoms with Crippen LogP contribution in [0.5, 0.6) is 0 Å². The second kappa shape index (κ2) is 18.1. The molecule has 5 atom stereocenters. The Morgan fingerprint density at radius 2 is 1.04 bits per heavy atom. The van der Waals surface area contributed by atoms with Gasteiger partial charge in [0.1, 0.15) is 0 Å². The standard InChI is InChI=1S/C14H26ClP.2C3H8.C2H2/c1-11-5-3-7-13(9-11)16(15)14-8-4-6-12(2)10-14;2*1-3-2;1-2/h11-14H,3-10H2,1-2H3;2*3H2,1-2H3;1-2H/t11-,12+,13?,14?,16?;;;. The average molecular weight is 375 g/mol. The Morgan fingerprint density at radius 1 is 0.750 bits per heavy atom. The van der Waals surface area contributed by atoms with E-state index in [1.54, 1.807) is 0 Å². The second-order valence-electron chi connectivity index (χ2n) is 7.61. The van der Waals surface area contributed by atoms with E-state index in [2.05, 4.69) is 54.4 Å². The van der Waals surface area contributed by atoms with Gasteiger partial charge >= 0.3 is 0 Å². The van der Waals surface area contributed by atoms with E-state index in [1.165, 1.54) is 64.2 Å². The maximum atomic E-state index is 6.83. The Morgan fingerprint density at radius 3 is 1.29 bits per heavy atom. The Kier molecular flexibility index (Phi) is 20.0. The minimum Gasteiger partial charge on any atom is -0.124 e. The van der Waals surface area contributed by atoms with Gasteiger partial charge in [0.2, 0.25) is 0 Å². The molecule has 0 saturated heterocycles. The van der Waals surface area contributed by atoms with Crippen LogP contribution in [0.3, 0.4) is 0 Å². The highest BCUT2D eigenvalue weighted by Crippen LogP contribution is 2.60. The van der Waals surface area contributed by atoms with Gasteiger partial charge in [0, 0.05) is 0 Å². The van der Waals surface area contributed by atoms with E-state index >= 15 is 0 Å².